The van der Waals surface area contributed by atoms with Gasteiger partial charge < -0.3 is 14.5 Å². The first-order valence-corrected chi connectivity index (χ1v) is 5.48. The summed E-state index contributed by atoms with van der Waals surface area (Å²) in [5.41, 5.74) is 0. The molecule has 0 atom stereocenters. The van der Waals surface area contributed by atoms with Crippen LogP contribution < -0.4 is 0 Å². The lowest BCUT2D eigenvalue weighted by Crippen LogP contribution is -2.50. The van der Waals surface area contributed by atoms with Gasteiger partial charge in [0.2, 0.25) is 5.91 Å². The number of alkyl halides is 1. The van der Waals surface area contributed by atoms with Crippen LogP contribution in [0.25, 0.3) is 0 Å². The molecule has 1 aliphatic heterocycles. The van der Waals surface area contributed by atoms with Crippen molar-refractivity contribution in [3.63, 3.8) is 0 Å². The molecule has 0 radical (unpaired) electrons. The zero-order valence-corrected chi connectivity index (χ0v) is 9.62. The molecule has 5 nitrogen and oxygen atoms in total. The van der Waals surface area contributed by atoms with Crippen molar-refractivity contribution in [2.24, 2.45) is 0 Å². The second kappa shape index (κ2) is 5.19. The fourth-order valence-corrected chi connectivity index (χ4v) is 1.71. The average molecular weight is 265 g/mol. The van der Waals surface area contributed by atoms with Crippen LogP contribution in [0, 0.1) is 0 Å². The molecule has 0 aromatic heterocycles. The van der Waals surface area contributed by atoms with E-state index >= 15 is 0 Å². The van der Waals surface area contributed by atoms with Crippen molar-refractivity contribution in [3.8, 4) is 0 Å². The standard InChI is InChI=1S/C8H13BrN2O3/c1-14-8(13)11-4-2-10(3-5-11)7(12)6-9/h2-6H2,1H3. The van der Waals surface area contributed by atoms with Crippen LogP contribution >= 0.6 is 15.9 Å². The van der Waals surface area contributed by atoms with Crippen LogP contribution in [-0.4, -0.2) is 60.4 Å². The van der Waals surface area contributed by atoms with E-state index < -0.39 is 0 Å². The lowest BCUT2D eigenvalue weighted by molar-refractivity contribution is -0.129. The monoisotopic (exact) mass is 264 g/mol. The summed E-state index contributed by atoms with van der Waals surface area (Å²) < 4.78 is 4.59. The second-order valence-corrected chi connectivity index (χ2v) is 3.53. The van der Waals surface area contributed by atoms with Gasteiger partial charge in [-0.1, -0.05) is 15.9 Å². The number of hydrogen-bond donors (Lipinski definition) is 0. The molecule has 80 valence electrons. The first-order chi connectivity index (χ1) is 6.69. The van der Waals surface area contributed by atoms with E-state index in [1.54, 1.807) is 9.80 Å². The number of hydrogen-bond acceptors (Lipinski definition) is 3. The molecular formula is C8H13BrN2O3. The summed E-state index contributed by atoms with van der Waals surface area (Å²) in [5, 5.41) is 0.339. The lowest BCUT2D eigenvalue weighted by atomic mass is 10.3. The van der Waals surface area contributed by atoms with Crippen molar-refractivity contribution in [1.82, 2.24) is 9.80 Å². The fraction of sp³-hybridized carbons (Fsp3) is 0.750. The predicted octanol–water partition coefficient (Wildman–Crippen LogP) is 0.292. The maximum Gasteiger partial charge on any atom is 0.409 e. The molecule has 1 fully saturated rings. The highest BCUT2D eigenvalue weighted by molar-refractivity contribution is 9.09. The van der Waals surface area contributed by atoms with Crippen molar-refractivity contribution in [3.05, 3.63) is 0 Å². The number of rotatable bonds is 1. The van der Waals surface area contributed by atoms with E-state index in [9.17, 15) is 9.59 Å². The molecule has 0 unspecified atom stereocenters. The van der Waals surface area contributed by atoms with Crippen molar-refractivity contribution >= 4 is 27.9 Å². The van der Waals surface area contributed by atoms with Crippen LogP contribution in [0.15, 0.2) is 0 Å². The van der Waals surface area contributed by atoms with Gasteiger partial charge in [0.25, 0.3) is 0 Å². The van der Waals surface area contributed by atoms with Crippen LogP contribution in [-0.2, 0) is 9.53 Å². The number of piperazine rings is 1. The van der Waals surface area contributed by atoms with Gasteiger partial charge >= 0.3 is 6.09 Å². The van der Waals surface area contributed by atoms with Gasteiger partial charge in [0, 0.05) is 26.2 Å². The summed E-state index contributed by atoms with van der Waals surface area (Å²) >= 11 is 3.11. The largest absolute Gasteiger partial charge is 0.453 e. The topological polar surface area (TPSA) is 49.9 Å². The summed E-state index contributed by atoms with van der Waals surface area (Å²) in [6.45, 7) is 2.26. The minimum Gasteiger partial charge on any atom is -0.453 e. The van der Waals surface area contributed by atoms with Crippen LogP contribution in [0.2, 0.25) is 0 Å². The summed E-state index contributed by atoms with van der Waals surface area (Å²) in [6, 6.07) is 0. The zero-order chi connectivity index (χ0) is 10.6. The summed E-state index contributed by atoms with van der Waals surface area (Å²) in [5.74, 6) is 0.0644. The molecule has 0 aliphatic carbocycles. The Morgan fingerprint density at radius 1 is 1.21 bits per heavy atom. The van der Waals surface area contributed by atoms with E-state index in [2.05, 4.69) is 20.7 Å². The first-order valence-electron chi connectivity index (χ1n) is 4.35. The molecule has 0 aromatic rings. The third kappa shape index (κ3) is 2.60. The van der Waals surface area contributed by atoms with Crippen molar-refractivity contribution < 1.29 is 14.3 Å². The Morgan fingerprint density at radius 2 is 1.71 bits per heavy atom. The van der Waals surface area contributed by atoms with Crippen LogP contribution in [0.5, 0.6) is 0 Å². The Bertz CT molecular complexity index is 203. The van der Waals surface area contributed by atoms with Gasteiger partial charge in [0.05, 0.1) is 12.4 Å². The third-order valence-electron chi connectivity index (χ3n) is 2.18. The van der Waals surface area contributed by atoms with Gasteiger partial charge in [0.15, 0.2) is 0 Å². The van der Waals surface area contributed by atoms with Gasteiger partial charge in [-0.2, -0.15) is 0 Å². The zero-order valence-electron chi connectivity index (χ0n) is 8.03. The predicted molar refractivity (Wildman–Crippen MR) is 54.4 cm³/mol. The molecule has 1 saturated heterocycles. The molecular weight excluding hydrogens is 252 g/mol. The fourth-order valence-electron chi connectivity index (χ4n) is 1.35. The Kier molecular flexibility index (Phi) is 4.19. The number of methoxy groups -OCH3 is 1. The number of carbonyl (C=O) groups excluding carboxylic acids is 2. The third-order valence-corrected chi connectivity index (χ3v) is 2.66. The molecule has 1 heterocycles. The Morgan fingerprint density at radius 3 is 2.14 bits per heavy atom. The molecule has 0 spiro atoms. The van der Waals surface area contributed by atoms with E-state index in [0.29, 0.717) is 31.5 Å². The highest BCUT2D eigenvalue weighted by Gasteiger charge is 2.23. The van der Waals surface area contributed by atoms with E-state index in [4.69, 9.17) is 0 Å². The molecule has 1 rings (SSSR count). The van der Waals surface area contributed by atoms with Crippen molar-refractivity contribution in [1.29, 1.82) is 0 Å². The summed E-state index contributed by atoms with van der Waals surface area (Å²) in [7, 11) is 1.36. The van der Waals surface area contributed by atoms with Crippen LogP contribution in [0.4, 0.5) is 4.79 Å². The van der Waals surface area contributed by atoms with Gasteiger partial charge in [-0.3, -0.25) is 4.79 Å². The molecule has 0 N–H and O–H groups in total. The highest BCUT2D eigenvalue weighted by atomic mass is 79.9. The van der Waals surface area contributed by atoms with E-state index in [1.165, 1.54) is 7.11 Å². The van der Waals surface area contributed by atoms with E-state index in [-0.39, 0.29) is 12.0 Å². The molecule has 2 amide bonds. The smallest absolute Gasteiger partial charge is 0.409 e. The Hall–Kier alpha value is -0.780. The minimum absolute atomic E-state index is 0.0644. The van der Waals surface area contributed by atoms with E-state index in [0.717, 1.165) is 0 Å². The number of ether oxygens (including phenoxy) is 1. The molecule has 1 aliphatic rings. The molecule has 14 heavy (non-hydrogen) atoms. The number of nitrogens with zero attached hydrogens (tertiary/aromatic N) is 2. The van der Waals surface area contributed by atoms with Gasteiger partial charge in [-0.15, -0.1) is 0 Å². The minimum atomic E-state index is -0.323. The summed E-state index contributed by atoms with van der Waals surface area (Å²) in [6.07, 6.45) is -0.323. The maximum absolute atomic E-state index is 11.3. The SMILES string of the molecule is COC(=O)N1CCN(C(=O)CBr)CC1. The molecule has 6 heteroatoms. The quantitative estimate of drug-likeness (QED) is 0.640. The van der Waals surface area contributed by atoms with Crippen molar-refractivity contribution in [2.75, 3.05) is 38.6 Å². The van der Waals surface area contributed by atoms with E-state index in [1.807, 2.05) is 0 Å². The number of halogens is 1. The average Bonchev–Trinajstić information content (AvgIpc) is 2.27. The first kappa shape index (κ1) is 11.3. The van der Waals surface area contributed by atoms with Crippen molar-refractivity contribution in [2.45, 2.75) is 0 Å². The van der Waals surface area contributed by atoms with Gasteiger partial charge in [-0.25, -0.2) is 4.79 Å². The maximum atomic E-state index is 11.3. The summed E-state index contributed by atoms with van der Waals surface area (Å²) in [4.78, 5) is 25.7. The highest BCUT2D eigenvalue weighted by Crippen LogP contribution is 2.04. The number of amides is 2. The molecule has 0 saturated carbocycles. The Balaban J connectivity index is 2.38. The second-order valence-electron chi connectivity index (χ2n) is 2.97. The van der Waals surface area contributed by atoms with Gasteiger partial charge in [0.1, 0.15) is 0 Å². The lowest BCUT2D eigenvalue weighted by Gasteiger charge is -2.33. The van der Waals surface area contributed by atoms with Crippen LogP contribution in [0.1, 0.15) is 0 Å². The normalized spacial score (nSPS) is 16.7. The molecule has 0 aromatic carbocycles. The van der Waals surface area contributed by atoms with Crippen LogP contribution in [0.3, 0.4) is 0 Å². The van der Waals surface area contributed by atoms with Gasteiger partial charge in [-0.05, 0) is 0 Å². The number of carbonyl (C=O) groups is 2. The molecule has 0 bridgehead atoms. The Labute approximate surface area is 91.1 Å².